The molecule has 1 fully saturated rings. The van der Waals surface area contributed by atoms with E-state index in [0.717, 1.165) is 13.2 Å². The molecule has 0 unspecified atom stereocenters. The molecule has 1 saturated carbocycles. The Hall–Kier alpha value is -0.860. The summed E-state index contributed by atoms with van der Waals surface area (Å²) in [5.74, 6) is 0. The highest BCUT2D eigenvalue weighted by atomic mass is 16.5. The third-order valence-electron chi connectivity index (χ3n) is 4.10. The predicted octanol–water partition coefficient (Wildman–Crippen LogP) is 4.42. The SMILES string of the molecule is CC(C)NCc1ccccc1COC1CCCCCC1. The molecule has 2 rings (SSSR count). The zero-order chi connectivity index (χ0) is 14.2. The molecular formula is C18H29NO. The summed E-state index contributed by atoms with van der Waals surface area (Å²) in [6, 6.07) is 9.16. The summed E-state index contributed by atoms with van der Waals surface area (Å²) in [5, 5.41) is 3.49. The van der Waals surface area contributed by atoms with E-state index in [0.29, 0.717) is 12.1 Å². The molecule has 0 spiro atoms. The van der Waals surface area contributed by atoms with Gasteiger partial charge in [0.25, 0.3) is 0 Å². The molecule has 1 aliphatic carbocycles. The van der Waals surface area contributed by atoms with Gasteiger partial charge in [0, 0.05) is 12.6 Å². The molecule has 0 heterocycles. The third kappa shape index (κ3) is 5.26. The summed E-state index contributed by atoms with van der Waals surface area (Å²) in [5.41, 5.74) is 2.71. The third-order valence-corrected chi connectivity index (χ3v) is 4.10. The highest BCUT2D eigenvalue weighted by Crippen LogP contribution is 2.21. The quantitative estimate of drug-likeness (QED) is 0.776. The van der Waals surface area contributed by atoms with E-state index in [-0.39, 0.29) is 0 Å². The van der Waals surface area contributed by atoms with Crippen LogP contribution in [0.2, 0.25) is 0 Å². The Kier molecular flexibility index (Phi) is 6.55. The first-order valence-corrected chi connectivity index (χ1v) is 8.17. The zero-order valence-corrected chi connectivity index (χ0v) is 13.0. The lowest BCUT2D eigenvalue weighted by Gasteiger charge is -2.18. The van der Waals surface area contributed by atoms with E-state index in [1.165, 1.54) is 49.7 Å². The molecule has 0 saturated heterocycles. The van der Waals surface area contributed by atoms with Crippen LogP contribution in [0.5, 0.6) is 0 Å². The Morgan fingerprint density at radius 3 is 2.35 bits per heavy atom. The van der Waals surface area contributed by atoms with E-state index >= 15 is 0 Å². The molecule has 0 aromatic heterocycles. The second kappa shape index (κ2) is 8.43. The minimum atomic E-state index is 0.476. The molecule has 2 nitrogen and oxygen atoms in total. The topological polar surface area (TPSA) is 21.3 Å². The van der Waals surface area contributed by atoms with E-state index in [2.05, 4.69) is 43.4 Å². The van der Waals surface area contributed by atoms with Gasteiger partial charge in [0.15, 0.2) is 0 Å². The van der Waals surface area contributed by atoms with Crippen molar-refractivity contribution in [3.63, 3.8) is 0 Å². The summed E-state index contributed by atoms with van der Waals surface area (Å²) in [6.45, 7) is 6.07. The van der Waals surface area contributed by atoms with Gasteiger partial charge in [-0.15, -0.1) is 0 Å². The van der Waals surface area contributed by atoms with Crippen LogP contribution in [-0.2, 0) is 17.9 Å². The molecule has 20 heavy (non-hydrogen) atoms. The van der Waals surface area contributed by atoms with Crippen LogP contribution in [0.25, 0.3) is 0 Å². The van der Waals surface area contributed by atoms with Crippen molar-refractivity contribution in [2.24, 2.45) is 0 Å². The Balaban J connectivity index is 1.87. The zero-order valence-electron chi connectivity index (χ0n) is 13.0. The van der Waals surface area contributed by atoms with Crippen molar-refractivity contribution in [1.82, 2.24) is 5.32 Å². The van der Waals surface area contributed by atoms with Gasteiger partial charge >= 0.3 is 0 Å². The molecule has 1 N–H and O–H groups in total. The van der Waals surface area contributed by atoms with Crippen molar-refractivity contribution in [3.05, 3.63) is 35.4 Å². The van der Waals surface area contributed by atoms with Crippen LogP contribution in [0.3, 0.4) is 0 Å². The van der Waals surface area contributed by atoms with E-state index < -0.39 is 0 Å². The van der Waals surface area contributed by atoms with Gasteiger partial charge in [0.05, 0.1) is 12.7 Å². The van der Waals surface area contributed by atoms with Gasteiger partial charge in [-0.05, 0) is 24.0 Å². The standard InChI is InChI=1S/C18H29NO/c1-15(2)19-13-16-9-7-8-10-17(16)14-20-18-11-5-3-4-6-12-18/h7-10,15,18-19H,3-6,11-14H2,1-2H3. The lowest BCUT2D eigenvalue weighted by atomic mass is 10.1. The van der Waals surface area contributed by atoms with Crippen LogP contribution in [0, 0.1) is 0 Å². The minimum Gasteiger partial charge on any atom is -0.374 e. The van der Waals surface area contributed by atoms with Crippen LogP contribution in [0.1, 0.15) is 63.5 Å². The van der Waals surface area contributed by atoms with Crippen LogP contribution in [0.15, 0.2) is 24.3 Å². The van der Waals surface area contributed by atoms with E-state index in [1.54, 1.807) is 0 Å². The first-order chi connectivity index (χ1) is 9.75. The van der Waals surface area contributed by atoms with Gasteiger partial charge in [-0.3, -0.25) is 0 Å². The van der Waals surface area contributed by atoms with Gasteiger partial charge in [-0.25, -0.2) is 0 Å². The molecule has 112 valence electrons. The first kappa shape index (κ1) is 15.5. The second-order valence-electron chi connectivity index (χ2n) is 6.23. The van der Waals surface area contributed by atoms with Gasteiger partial charge in [0.1, 0.15) is 0 Å². The van der Waals surface area contributed by atoms with Crippen molar-refractivity contribution in [3.8, 4) is 0 Å². The maximum absolute atomic E-state index is 6.17. The largest absolute Gasteiger partial charge is 0.374 e. The fourth-order valence-electron chi connectivity index (χ4n) is 2.80. The second-order valence-corrected chi connectivity index (χ2v) is 6.23. The Morgan fingerprint density at radius 2 is 1.70 bits per heavy atom. The van der Waals surface area contributed by atoms with Crippen molar-refractivity contribution >= 4 is 0 Å². The lowest BCUT2D eigenvalue weighted by molar-refractivity contribution is 0.0306. The smallest absolute Gasteiger partial charge is 0.0723 e. The summed E-state index contributed by atoms with van der Waals surface area (Å²) in [6.07, 6.45) is 8.40. The number of rotatable bonds is 6. The summed E-state index contributed by atoms with van der Waals surface area (Å²) >= 11 is 0. The van der Waals surface area contributed by atoms with Crippen LogP contribution in [0.4, 0.5) is 0 Å². The van der Waals surface area contributed by atoms with Crippen molar-refractivity contribution in [2.45, 2.75) is 77.7 Å². The number of benzene rings is 1. The maximum Gasteiger partial charge on any atom is 0.0723 e. The van der Waals surface area contributed by atoms with Crippen LogP contribution < -0.4 is 5.32 Å². The summed E-state index contributed by atoms with van der Waals surface area (Å²) in [7, 11) is 0. The number of nitrogens with one attached hydrogen (secondary N) is 1. The Morgan fingerprint density at radius 1 is 1.05 bits per heavy atom. The predicted molar refractivity (Wildman–Crippen MR) is 84.7 cm³/mol. The number of hydrogen-bond donors (Lipinski definition) is 1. The summed E-state index contributed by atoms with van der Waals surface area (Å²) in [4.78, 5) is 0. The molecule has 0 amide bonds. The van der Waals surface area contributed by atoms with E-state index in [1.807, 2.05) is 0 Å². The fraction of sp³-hybridized carbons (Fsp3) is 0.667. The number of ether oxygens (including phenoxy) is 1. The van der Waals surface area contributed by atoms with Gasteiger partial charge in [-0.1, -0.05) is 63.8 Å². The molecule has 1 aliphatic rings. The molecule has 0 aliphatic heterocycles. The maximum atomic E-state index is 6.17. The Bertz CT molecular complexity index is 381. The number of hydrogen-bond acceptors (Lipinski definition) is 2. The average Bonchev–Trinajstić information content (AvgIpc) is 2.72. The monoisotopic (exact) mass is 275 g/mol. The highest BCUT2D eigenvalue weighted by molar-refractivity contribution is 5.26. The normalized spacial score (nSPS) is 17.4. The molecular weight excluding hydrogens is 246 g/mol. The highest BCUT2D eigenvalue weighted by Gasteiger charge is 2.13. The van der Waals surface area contributed by atoms with Crippen molar-refractivity contribution in [2.75, 3.05) is 0 Å². The summed E-state index contributed by atoms with van der Waals surface area (Å²) < 4.78 is 6.17. The van der Waals surface area contributed by atoms with E-state index in [9.17, 15) is 0 Å². The van der Waals surface area contributed by atoms with Gasteiger partial charge in [0.2, 0.25) is 0 Å². The molecule has 0 bridgehead atoms. The molecule has 1 aromatic rings. The Labute approximate surface area is 123 Å². The van der Waals surface area contributed by atoms with Gasteiger partial charge < -0.3 is 10.1 Å². The molecule has 1 aromatic carbocycles. The van der Waals surface area contributed by atoms with Crippen LogP contribution in [-0.4, -0.2) is 12.1 Å². The molecule has 2 heteroatoms. The first-order valence-electron chi connectivity index (χ1n) is 8.17. The van der Waals surface area contributed by atoms with Crippen molar-refractivity contribution < 1.29 is 4.74 Å². The lowest BCUT2D eigenvalue weighted by Crippen LogP contribution is -2.22. The van der Waals surface area contributed by atoms with Crippen LogP contribution >= 0.6 is 0 Å². The fourth-order valence-corrected chi connectivity index (χ4v) is 2.80. The van der Waals surface area contributed by atoms with Crippen molar-refractivity contribution in [1.29, 1.82) is 0 Å². The minimum absolute atomic E-state index is 0.476. The van der Waals surface area contributed by atoms with E-state index in [4.69, 9.17) is 4.74 Å². The average molecular weight is 275 g/mol. The van der Waals surface area contributed by atoms with Gasteiger partial charge in [-0.2, -0.15) is 0 Å². The molecule has 0 radical (unpaired) electrons. The molecule has 0 atom stereocenters.